The molecule has 2 N–H and O–H groups in total. The number of hydrogen-bond donors (Lipinski definition) is 2. The molecule has 0 saturated heterocycles. The van der Waals surface area contributed by atoms with Gasteiger partial charge in [0.15, 0.2) is 17.6 Å². The number of benzene rings is 3. The minimum Gasteiger partial charge on any atom is -0.454 e. The first-order valence-corrected chi connectivity index (χ1v) is 11.5. The van der Waals surface area contributed by atoms with E-state index in [4.69, 9.17) is 14.2 Å². The molecule has 0 spiro atoms. The van der Waals surface area contributed by atoms with Crippen molar-refractivity contribution in [3.8, 4) is 11.5 Å². The van der Waals surface area contributed by atoms with Gasteiger partial charge in [0.1, 0.15) is 5.82 Å². The zero-order valence-electron chi connectivity index (χ0n) is 17.8. The van der Waals surface area contributed by atoms with Gasteiger partial charge in [0, 0.05) is 11.8 Å². The molecule has 0 unspecified atom stereocenters. The molecule has 1 amide bonds. The molecule has 0 bridgehead atoms. The van der Waals surface area contributed by atoms with Gasteiger partial charge in [0.05, 0.1) is 16.1 Å². The monoisotopic (exact) mass is 486 g/mol. The van der Waals surface area contributed by atoms with Crippen LogP contribution in [-0.2, 0) is 19.6 Å². The third-order valence-electron chi connectivity index (χ3n) is 4.81. The van der Waals surface area contributed by atoms with Crippen molar-refractivity contribution in [2.24, 2.45) is 0 Å². The van der Waals surface area contributed by atoms with Crippen molar-refractivity contribution in [3.63, 3.8) is 0 Å². The van der Waals surface area contributed by atoms with Gasteiger partial charge in [0.2, 0.25) is 6.79 Å². The summed E-state index contributed by atoms with van der Waals surface area (Å²) in [5.41, 5.74) is 0.265. The van der Waals surface area contributed by atoms with Gasteiger partial charge in [-0.1, -0.05) is 12.1 Å². The fourth-order valence-corrected chi connectivity index (χ4v) is 4.14. The molecule has 11 heteroatoms. The molecule has 3 aromatic rings. The number of anilines is 2. The molecule has 0 saturated carbocycles. The van der Waals surface area contributed by atoms with Gasteiger partial charge >= 0.3 is 5.97 Å². The maximum Gasteiger partial charge on any atom is 0.341 e. The van der Waals surface area contributed by atoms with Crippen LogP contribution in [0.5, 0.6) is 11.5 Å². The molecule has 0 fully saturated rings. The minimum atomic E-state index is -4.10. The van der Waals surface area contributed by atoms with E-state index >= 15 is 0 Å². The number of nitrogens with one attached hydrogen (secondary N) is 2. The van der Waals surface area contributed by atoms with E-state index in [9.17, 15) is 22.4 Å². The average molecular weight is 486 g/mol. The van der Waals surface area contributed by atoms with Gasteiger partial charge in [-0.3, -0.25) is 9.52 Å². The van der Waals surface area contributed by atoms with Gasteiger partial charge in [-0.05, 0) is 55.5 Å². The Bertz CT molecular complexity index is 1340. The Balaban J connectivity index is 1.45. The summed E-state index contributed by atoms with van der Waals surface area (Å²) in [6.45, 7) is 1.47. The minimum absolute atomic E-state index is 0.0554. The molecule has 1 aliphatic rings. The van der Waals surface area contributed by atoms with E-state index in [-0.39, 0.29) is 22.9 Å². The van der Waals surface area contributed by atoms with Crippen molar-refractivity contribution in [1.29, 1.82) is 0 Å². The molecule has 0 aliphatic carbocycles. The second kappa shape index (κ2) is 9.40. The highest BCUT2D eigenvalue weighted by Crippen LogP contribution is 2.34. The van der Waals surface area contributed by atoms with Crippen LogP contribution in [0.1, 0.15) is 17.3 Å². The summed E-state index contributed by atoms with van der Waals surface area (Å²) in [7, 11) is -4.10. The fourth-order valence-electron chi connectivity index (χ4n) is 3.06. The van der Waals surface area contributed by atoms with Crippen LogP contribution >= 0.6 is 0 Å². The lowest BCUT2D eigenvalue weighted by Gasteiger charge is -2.16. The maximum absolute atomic E-state index is 13.1. The van der Waals surface area contributed by atoms with Gasteiger partial charge in [-0.2, -0.15) is 0 Å². The van der Waals surface area contributed by atoms with Crippen LogP contribution in [0.15, 0.2) is 71.6 Å². The summed E-state index contributed by atoms with van der Waals surface area (Å²) in [4.78, 5) is 25.0. The van der Waals surface area contributed by atoms with E-state index < -0.39 is 33.8 Å². The molecule has 34 heavy (non-hydrogen) atoms. The maximum atomic E-state index is 13.1. The smallest absolute Gasteiger partial charge is 0.341 e. The van der Waals surface area contributed by atoms with Crippen molar-refractivity contribution < 1.29 is 36.6 Å². The molecule has 9 nitrogen and oxygen atoms in total. The number of rotatable bonds is 7. The van der Waals surface area contributed by atoms with Crippen molar-refractivity contribution in [2.75, 3.05) is 16.8 Å². The fraction of sp³-hybridized carbons (Fsp3) is 0.130. The number of halogens is 1. The number of hydrogen-bond acceptors (Lipinski definition) is 7. The number of para-hydroxylation sites is 1. The van der Waals surface area contributed by atoms with E-state index in [0.717, 1.165) is 24.3 Å². The lowest BCUT2D eigenvalue weighted by molar-refractivity contribution is -0.123. The first-order chi connectivity index (χ1) is 16.2. The summed E-state index contributed by atoms with van der Waals surface area (Å²) >= 11 is 0. The average Bonchev–Trinajstić information content (AvgIpc) is 3.27. The second-order valence-electron chi connectivity index (χ2n) is 7.21. The molecule has 1 atom stereocenters. The van der Waals surface area contributed by atoms with E-state index in [1.54, 1.807) is 18.2 Å². The highest BCUT2D eigenvalue weighted by Gasteiger charge is 2.24. The molecule has 176 valence electrons. The lowest BCUT2D eigenvalue weighted by Crippen LogP contribution is -2.30. The number of carbonyl (C=O) groups excluding carboxylic acids is 2. The van der Waals surface area contributed by atoms with Gasteiger partial charge in [-0.25, -0.2) is 17.6 Å². The number of sulfonamides is 1. The molecule has 4 rings (SSSR count). The molecular formula is C23H19FN2O7S. The predicted molar refractivity (Wildman–Crippen MR) is 120 cm³/mol. The number of amides is 1. The van der Waals surface area contributed by atoms with Gasteiger partial charge < -0.3 is 19.5 Å². The SMILES string of the molecule is C[C@H](OC(=O)c1ccccc1NS(=O)(=O)c1ccc(F)cc1)C(=O)Nc1ccc2c(c1)OCO2. The van der Waals surface area contributed by atoms with Crippen molar-refractivity contribution in [3.05, 3.63) is 78.1 Å². The molecular weight excluding hydrogens is 467 g/mol. The summed E-state index contributed by atoms with van der Waals surface area (Å²) in [6.07, 6.45) is -1.19. The van der Waals surface area contributed by atoms with Crippen molar-refractivity contribution in [1.82, 2.24) is 0 Å². The van der Waals surface area contributed by atoms with E-state index in [2.05, 4.69) is 10.0 Å². The van der Waals surface area contributed by atoms with Crippen LogP contribution in [0.4, 0.5) is 15.8 Å². The number of ether oxygens (including phenoxy) is 3. The molecule has 0 radical (unpaired) electrons. The summed E-state index contributed by atoms with van der Waals surface area (Å²) in [5, 5.41) is 2.61. The Morgan fingerprint density at radius 1 is 1.00 bits per heavy atom. The van der Waals surface area contributed by atoms with Crippen molar-refractivity contribution in [2.45, 2.75) is 17.9 Å². The number of carbonyl (C=O) groups is 2. The van der Waals surface area contributed by atoms with Gasteiger partial charge in [0.25, 0.3) is 15.9 Å². The van der Waals surface area contributed by atoms with Crippen LogP contribution < -0.4 is 19.5 Å². The van der Waals surface area contributed by atoms with Crippen molar-refractivity contribution >= 4 is 33.3 Å². The lowest BCUT2D eigenvalue weighted by atomic mass is 10.2. The number of esters is 1. The first kappa shape index (κ1) is 23.1. The second-order valence-corrected chi connectivity index (χ2v) is 8.89. The largest absolute Gasteiger partial charge is 0.454 e. The van der Waals surface area contributed by atoms with Crippen LogP contribution in [0.3, 0.4) is 0 Å². The summed E-state index contributed by atoms with van der Waals surface area (Å²) in [6, 6.07) is 14.8. The molecule has 1 heterocycles. The highest BCUT2D eigenvalue weighted by molar-refractivity contribution is 7.92. The van der Waals surface area contributed by atoms with Crippen LogP contribution in [0, 0.1) is 5.82 Å². The van der Waals surface area contributed by atoms with Gasteiger partial charge in [-0.15, -0.1) is 0 Å². The Kier molecular flexibility index (Phi) is 6.37. The van der Waals surface area contributed by atoms with Crippen LogP contribution in [-0.4, -0.2) is 33.2 Å². The Morgan fingerprint density at radius 2 is 1.71 bits per heavy atom. The Hall–Kier alpha value is -4.12. The molecule has 0 aromatic heterocycles. The van der Waals surface area contributed by atoms with Crippen LogP contribution in [0.2, 0.25) is 0 Å². The van der Waals surface area contributed by atoms with E-state index in [0.29, 0.717) is 17.2 Å². The first-order valence-electron chi connectivity index (χ1n) is 10.0. The molecule has 3 aromatic carbocycles. The third kappa shape index (κ3) is 5.09. The van der Waals surface area contributed by atoms with E-state index in [1.807, 2.05) is 0 Å². The molecule has 1 aliphatic heterocycles. The Labute approximate surface area is 194 Å². The quantitative estimate of drug-likeness (QED) is 0.490. The number of fused-ring (bicyclic) bond motifs is 1. The van der Waals surface area contributed by atoms with Crippen LogP contribution in [0.25, 0.3) is 0 Å². The Morgan fingerprint density at radius 3 is 2.47 bits per heavy atom. The zero-order chi connectivity index (χ0) is 24.3. The third-order valence-corrected chi connectivity index (χ3v) is 6.19. The topological polar surface area (TPSA) is 120 Å². The zero-order valence-corrected chi connectivity index (χ0v) is 18.6. The normalized spacial score (nSPS) is 13.1. The highest BCUT2D eigenvalue weighted by atomic mass is 32.2. The standard InChI is InChI=1S/C23H19FN2O7S/c1-14(22(27)25-16-8-11-20-21(12-16)32-13-31-20)33-23(28)18-4-2-3-5-19(18)26-34(29,30)17-9-6-15(24)7-10-17/h2-12,14,26H,13H2,1H3,(H,25,27)/t14-/m0/s1. The predicted octanol–water partition coefficient (Wildman–Crippen LogP) is 3.54. The summed E-state index contributed by atoms with van der Waals surface area (Å²) in [5.74, 6) is -1.07. The summed E-state index contributed by atoms with van der Waals surface area (Å²) < 4.78 is 56.4. The van der Waals surface area contributed by atoms with E-state index in [1.165, 1.54) is 31.2 Å².